The number of nitrogens with zero attached hydrogens (tertiary/aromatic N) is 2. The minimum Gasteiger partial charge on any atom is -0.376 e. The second-order valence-corrected chi connectivity index (χ2v) is 5.38. The van der Waals surface area contributed by atoms with Crippen LogP contribution in [0.4, 0.5) is 5.69 Å². The Morgan fingerprint density at radius 1 is 1.43 bits per heavy atom. The van der Waals surface area contributed by atoms with E-state index in [4.69, 9.17) is 18.0 Å². The fourth-order valence-corrected chi connectivity index (χ4v) is 2.14. The standard InChI is InChI=1S/C14H15N5OS/c15-14(21)18-11-7-9(13(20)17-10-2-3-10)1-4-12(11)19-6-5-16-8-19/h1,4-8,10H,2-3H2,(H,17,20)(H3,15,18,21). The van der Waals surface area contributed by atoms with Gasteiger partial charge in [-0.15, -0.1) is 0 Å². The third-order valence-corrected chi connectivity index (χ3v) is 3.31. The van der Waals surface area contributed by atoms with Crippen LogP contribution in [0.3, 0.4) is 0 Å². The fraction of sp³-hybridized carbons (Fsp3) is 0.214. The predicted molar refractivity (Wildman–Crippen MR) is 84.5 cm³/mol. The molecule has 1 aliphatic carbocycles. The minimum absolute atomic E-state index is 0.0827. The minimum atomic E-state index is -0.0827. The van der Waals surface area contributed by atoms with Gasteiger partial charge in [0.25, 0.3) is 5.91 Å². The average Bonchev–Trinajstić information content (AvgIpc) is 3.09. The van der Waals surface area contributed by atoms with Crippen LogP contribution in [0.1, 0.15) is 23.2 Å². The Labute approximate surface area is 127 Å². The summed E-state index contributed by atoms with van der Waals surface area (Å²) in [5.41, 5.74) is 7.62. The van der Waals surface area contributed by atoms with Crippen molar-refractivity contribution in [2.24, 2.45) is 5.73 Å². The van der Waals surface area contributed by atoms with Gasteiger partial charge in [-0.05, 0) is 43.3 Å². The lowest BCUT2D eigenvalue weighted by Gasteiger charge is -2.13. The molecule has 1 amide bonds. The molecular formula is C14H15N5OS. The zero-order chi connectivity index (χ0) is 14.8. The summed E-state index contributed by atoms with van der Waals surface area (Å²) in [6.07, 6.45) is 7.26. The van der Waals surface area contributed by atoms with Crippen molar-refractivity contribution in [2.75, 3.05) is 5.32 Å². The Balaban J connectivity index is 1.93. The van der Waals surface area contributed by atoms with Crippen molar-refractivity contribution in [3.63, 3.8) is 0 Å². The summed E-state index contributed by atoms with van der Waals surface area (Å²) in [5.74, 6) is -0.0827. The van der Waals surface area contributed by atoms with Crippen LogP contribution in [-0.4, -0.2) is 26.6 Å². The van der Waals surface area contributed by atoms with E-state index < -0.39 is 0 Å². The maximum Gasteiger partial charge on any atom is 0.251 e. The van der Waals surface area contributed by atoms with E-state index in [1.54, 1.807) is 24.7 Å². The van der Waals surface area contributed by atoms with E-state index in [0.29, 0.717) is 17.3 Å². The molecule has 0 unspecified atom stereocenters. The molecule has 4 N–H and O–H groups in total. The van der Waals surface area contributed by atoms with Crippen LogP contribution in [-0.2, 0) is 0 Å². The molecule has 0 spiro atoms. The molecule has 1 saturated carbocycles. The number of hydrogen-bond donors (Lipinski definition) is 3. The third kappa shape index (κ3) is 3.19. The molecule has 1 heterocycles. The number of anilines is 1. The molecule has 0 atom stereocenters. The van der Waals surface area contributed by atoms with E-state index in [2.05, 4.69) is 15.6 Å². The lowest BCUT2D eigenvalue weighted by molar-refractivity contribution is 0.0951. The van der Waals surface area contributed by atoms with Crippen LogP contribution in [0.2, 0.25) is 0 Å². The highest BCUT2D eigenvalue weighted by Gasteiger charge is 2.24. The number of nitrogens with two attached hydrogens (primary N) is 1. The number of thiocarbonyl (C=S) groups is 1. The number of imidazole rings is 1. The summed E-state index contributed by atoms with van der Waals surface area (Å²) >= 11 is 4.90. The maximum absolute atomic E-state index is 12.1. The van der Waals surface area contributed by atoms with Gasteiger partial charge in [-0.25, -0.2) is 4.98 Å². The summed E-state index contributed by atoms with van der Waals surface area (Å²) in [6.45, 7) is 0. The monoisotopic (exact) mass is 301 g/mol. The van der Waals surface area contributed by atoms with Crippen molar-refractivity contribution in [1.82, 2.24) is 14.9 Å². The van der Waals surface area contributed by atoms with E-state index in [1.165, 1.54) is 0 Å². The van der Waals surface area contributed by atoms with E-state index in [0.717, 1.165) is 18.5 Å². The summed E-state index contributed by atoms with van der Waals surface area (Å²) in [4.78, 5) is 16.1. The Morgan fingerprint density at radius 3 is 2.86 bits per heavy atom. The zero-order valence-corrected chi connectivity index (χ0v) is 12.1. The Morgan fingerprint density at radius 2 is 2.24 bits per heavy atom. The van der Waals surface area contributed by atoms with Gasteiger partial charge < -0.3 is 20.9 Å². The number of hydrogen-bond acceptors (Lipinski definition) is 3. The molecule has 108 valence electrons. The van der Waals surface area contributed by atoms with Crippen LogP contribution in [0, 0.1) is 0 Å². The van der Waals surface area contributed by atoms with Gasteiger partial charge >= 0.3 is 0 Å². The third-order valence-electron chi connectivity index (χ3n) is 3.21. The second-order valence-electron chi connectivity index (χ2n) is 4.94. The molecule has 6 nitrogen and oxygen atoms in total. The molecule has 1 aliphatic rings. The van der Waals surface area contributed by atoms with E-state index in [9.17, 15) is 4.79 Å². The van der Waals surface area contributed by atoms with E-state index >= 15 is 0 Å². The first kappa shape index (κ1) is 13.6. The highest BCUT2D eigenvalue weighted by Crippen LogP contribution is 2.23. The van der Waals surface area contributed by atoms with Crippen molar-refractivity contribution < 1.29 is 4.79 Å². The van der Waals surface area contributed by atoms with E-state index in [1.807, 2.05) is 16.8 Å². The first-order valence-corrected chi connectivity index (χ1v) is 7.04. The summed E-state index contributed by atoms with van der Waals surface area (Å²) in [6, 6.07) is 5.67. The number of carbonyl (C=O) groups is 1. The van der Waals surface area contributed by atoms with Crippen LogP contribution in [0.15, 0.2) is 36.9 Å². The number of carbonyl (C=O) groups excluding carboxylic acids is 1. The summed E-state index contributed by atoms with van der Waals surface area (Å²) < 4.78 is 1.82. The van der Waals surface area contributed by atoms with Crippen molar-refractivity contribution in [2.45, 2.75) is 18.9 Å². The lowest BCUT2D eigenvalue weighted by Crippen LogP contribution is -2.26. The summed E-state index contributed by atoms with van der Waals surface area (Å²) in [5, 5.41) is 6.01. The number of nitrogens with one attached hydrogen (secondary N) is 2. The molecule has 0 bridgehead atoms. The lowest BCUT2D eigenvalue weighted by atomic mass is 10.1. The normalized spacial score (nSPS) is 13.7. The molecule has 0 aliphatic heterocycles. The SMILES string of the molecule is NC(=S)Nc1cc(C(=O)NC2CC2)ccc1-n1ccnc1. The first-order chi connectivity index (χ1) is 10.1. The number of benzene rings is 1. The molecule has 2 aromatic rings. The van der Waals surface area contributed by atoms with Crippen molar-refractivity contribution >= 4 is 28.9 Å². The highest BCUT2D eigenvalue weighted by molar-refractivity contribution is 7.80. The Bertz CT molecular complexity index is 679. The molecule has 1 aromatic heterocycles. The van der Waals surface area contributed by atoms with Crippen molar-refractivity contribution in [3.8, 4) is 5.69 Å². The number of aromatic nitrogens is 2. The largest absolute Gasteiger partial charge is 0.376 e. The molecular weight excluding hydrogens is 286 g/mol. The quantitative estimate of drug-likeness (QED) is 0.744. The predicted octanol–water partition coefficient (Wildman–Crippen LogP) is 1.42. The Hall–Kier alpha value is -2.41. The fourth-order valence-electron chi connectivity index (χ4n) is 2.03. The van der Waals surface area contributed by atoms with Gasteiger partial charge in [0.05, 0.1) is 17.7 Å². The molecule has 21 heavy (non-hydrogen) atoms. The van der Waals surface area contributed by atoms with Gasteiger partial charge in [-0.3, -0.25) is 4.79 Å². The number of amides is 1. The van der Waals surface area contributed by atoms with Gasteiger partial charge in [0, 0.05) is 24.0 Å². The van der Waals surface area contributed by atoms with Gasteiger partial charge in [-0.1, -0.05) is 0 Å². The highest BCUT2D eigenvalue weighted by atomic mass is 32.1. The van der Waals surface area contributed by atoms with Gasteiger partial charge in [0.1, 0.15) is 0 Å². The summed E-state index contributed by atoms with van der Waals surface area (Å²) in [7, 11) is 0. The molecule has 0 saturated heterocycles. The van der Waals surface area contributed by atoms with Crippen LogP contribution >= 0.6 is 12.2 Å². The number of rotatable bonds is 4. The van der Waals surface area contributed by atoms with E-state index in [-0.39, 0.29) is 11.0 Å². The van der Waals surface area contributed by atoms with Crippen molar-refractivity contribution in [3.05, 3.63) is 42.5 Å². The van der Waals surface area contributed by atoms with Crippen LogP contribution in [0.5, 0.6) is 0 Å². The smallest absolute Gasteiger partial charge is 0.251 e. The van der Waals surface area contributed by atoms with Gasteiger partial charge in [0.2, 0.25) is 0 Å². The van der Waals surface area contributed by atoms with Crippen LogP contribution in [0.25, 0.3) is 5.69 Å². The first-order valence-electron chi connectivity index (χ1n) is 6.63. The van der Waals surface area contributed by atoms with Gasteiger partial charge in [-0.2, -0.15) is 0 Å². The second kappa shape index (κ2) is 5.53. The van der Waals surface area contributed by atoms with Crippen molar-refractivity contribution in [1.29, 1.82) is 0 Å². The topological polar surface area (TPSA) is 85.0 Å². The Kier molecular flexibility index (Phi) is 3.57. The molecule has 7 heteroatoms. The van der Waals surface area contributed by atoms with Gasteiger partial charge in [0.15, 0.2) is 5.11 Å². The maximum atomic E-state index is 12.1. The molecule has 3 rings (SSSR count). The average molecular weight is 301 g/mol. The molecule has 1 fully saturated rings. The zero-order valence-electron chi connectivity index (χ0n) is 11.2. The molecule has 0 radical (unpaired) electrons. The van der Waals surface area contributed by atoms with Crippen LogP contribution < -0.4 is 16.4 Å². The molecule has 1 aromatic carbocycles.